The fourth-order valence-corrected chi connectivity index (χ4v) is 2.69. The predicted molar refractivity (Wildman–Crippen MR) is 94.3 cm³/mol. The van der Waals surface area contributed by atoms with E-state index in [9.17, 15) is 23.2 Å². The van der Waals surface area contributed by atoms with Crippen LogP contribution >= 0.6 is 0 Å². The quantitative estimate of drug-likeness (QED) is 0.641. The van der Waals surface area contributed by atoms with Crippen molar-refractivity contribution in [3.8, 4) is 11.5 Å². The molecule has 8 nitrogen and oxygen atoms in total. The highest BCUT2D eigenvalue weighted by Crippen LogP contribution is 2.28. The summed E-state index contributed by atoms with van der Waals surface area (Å²) in [5.41, 5.74) is 5.83. The number of rotatable bonds is 7. The number of alkyl carbamates (subject to hydrolysis) is 1. The molecule has 1 saturated heterocycles. The SMILES string of the molecule is NC(Cc1ccc(Oc2ccc(CC3OC(=O)NC3=O)cc2)c(F)c1F)C(=O)O. The Morgan fingerprint density at radius 3 is 2.45 bits per heavy atom. The van der Waals surface area contributed by atoms with Crippen LogP contribution in [0.5, 0.6) is 11.5 Å². The van der Waals surface area contributed by atoms with Gasteiger partial charge in [-0.2, -0.15) is 4.39 Å². The Labute approximate surface area is 163 Å². The second-order valence-electron chi connectivity index (χ2n) is 6.33. The fourth-order valence-electron chi connectivity index (χ4n) is 2.69. The molecule has 152 valence electrons. The van der Waals surface area contributed by atoms with E-state index in [-0.39, 0.29) is 29.9 Å². The number of carbonyl (C=O) groups excluding carboxylic acids is 2. The van der Waals surface area contributed by atoms with Crippen LogP contribution in [0.2, 0.25) is 0 Å². The first-order valence-electron chi connectivity index (χ1n) is 8.48. The molecule has 1 aliphatic rings. The Hall–Kier alpha value is -3.53. The molecule has 2 unspecified atom stereocenters. The van der Waals surface area contributed by atoms with E-state index in [1.807, 2.05) is 5.32 Å². The second kappa shape index (κ2) is 8.23. The van der Waals surface area contributed by atoms with Gasteiger partial charge in [-0.1, -0.05) is 18.2 Å². The van der Waals surface area contributed by atoms with Crippen molar-refractivity contribution in [1.82, 2.24) is 5.32 Å². The summed E-state index contributed by atoms with van der Waals surface area (Å²) in [6, 6.07) is 7.17. The lowest BCUT2D eigenvalue weighted by molar-refractivity contribution is -0.138. The normalized spacial score (nSPS) is 16.9. The molecule has 0 aliphatic carbocycles. The molecule has 2 atom stereocenters. The zero-order chi connectivity index (χ0) is 21.1. The maximum atomic E-state index is 14.2. The minimum absolute atomic E-state index is 0.152. The first-order chi connectivity index (χ1) is 13.7. The van der Waals surface area contributed by atoms with E-state index in [0.29, 0.717) is 5.56 Å². The van der Waals surface area contributed by atoms with Crippen LogP contribution in [0.1, 0.15) is 11.1 Å². The molecule has 2 aromatic carbocycles. The van der Waals surface area contributed by atoms with Crippen LogP contribution in [-0.2, 0) is 27.2 Å². The van der Waals surface area contributed by atoms with Gasteiger partial charge in [0.15, 0.2) is 17.7 Å². The van der Waals surface area contributed by atoms with Crippen LogP contribution < -0.4 is 15.8 Å². The summed E-state index contributed by atoms with van der Waals surface area (Å²) in [6.07, 6.45) is -1.94. The van der Waals surface area contributed by atoms with Crippen LogP contribution in [0.3, 0.4) is 0 Å². The van der Waals surface area contributed by atoms with Gasteiger partial charge in [-0.3, -0.25) is 14.9 Å². The minimum atomic E-state index is -1.36. The number of ether oxygens (including phenoxy) is 2. The molecule has 1 heterocycles. The Balaban J connectivity index is 1.68. The molecule has 0 saturated carbocycles. The standard InChI is InChI=1S/C19H16F2N2O6/c20-15-10(8-12(22)18(25)26)3-6-13(16(15)21)28-11-4-1-9(2-5-11)7-14-17(24)23-19(27)29-14/h1-6,12,14H,7-8,22H2,(H,25,26)(H,23,24,27). The van der Waals surface area contributed by atoms with Gasteiger partial charge in [-0.05, 0) is 29.3 Å². The van der Waals surface area contributed by atoms with Crippen molar-refractivity contribution in [2.45, 2.75) is 25.0 Å². The molecule has 0 bridgehead atoms. The minimum Gasteiger partial charge on any atom is -0.480 e. The molecule has 2 aromatic rings. The van der Waals surface area contributed by atoms with Crippen molar-refractivity contribution in [3.05, 3.63) is 59.2 Å². The van der Waals surface area contributed by atoms with Gasteiger partial charge in [0.1, 0.15) is 11.8 Å². The van der Waals surface area contributed by atoms with Crippen LogP contribution in [0.25, 0.3) is 0 Å². The molecule has 4 N–H and O–H groups in total. The number of benzene rings is 2. The highest BCUT2D eigenvalue weighted by Gasteiger charge is 2.32. The van der Waals surface area contributed by atoms with Gasteiger partial charge in [-0.25, -0.2) is 9.18 Å². The van der Waals surface area contributed by atoms with Crippen molar-refractivity contribution in [1.29, 1.82) is 0 Å². The average molecular weight is 406 g/mol. The number of imide groups is 1. The number of carbonyl (C=O) groups is 3. The second-order valence-corrected chi connectivity index (χ2v) is 6.33. The number of carboxylic acids is 1. The molecule has 1 fully saturated rings. The monoisotopic (exact) mass is 406 g/mol. The summed E-state index contributed by atoms with van der Waals surface area (Å²) in [4.78, 5) is 33.3. The lowest BCUT2D eigenvalue weighted by atomic mass is 10.1. The third kappa shape index (κ3) is 4.66. The van der Waals surface area contributed by atoms with Gasteiger partial charge in [0.25, 0.3) is 5.91 Å². The molecular formula is C19H16F2N2O6. The number of carboxylic acid groups (broad SMARTS) is 1. The van der Waals surface area contributed by atoms with Crippen molar-refractivity contribution in [2.24, 2.45) is 5.73 Å². The summed E-state index contributed by atoms with van der Waals surface area (Å²) >= 11 is 0. The van der Waals surface area contributed by atoms with E-state index >= 15 is 0 Å². The number of cyclic esters (lactones) is 1. The zero-order valence-corrected chi connectivity index (χ0v) is 14.9. The van der Waals surface area contributed by atoms with E-state index in [4.69, 9.17) is 20.3 Å². The number of halogens is 2. The van der Waals surface area contributed by atoms with Crippen LogP contribution in [0.4, 0.5) is 13.6 Å². The molecule has 2 amide bonds. The van der Waals surface area contributed by atoms with Gasteiger partial charge in [0.05, 0.1) is 0 Å². The van der Waals surface area contributed by atoms with E-state index < -0.39 is 41.7 Å². The number of nitrogens with one attached hydrogen (secondary N) is 1. The van der Waals surface area contributed by atoms with Gasteiger partial charge in [-0.15, -0.1) is 0 Å². The summed E-state index contributed by atoms with van der Waals surface area (Å²) in [5.74, 6) is -4.53. The summed E-state index contributed by atoms with van der Waals surface area (Å²) in [7, 11) is 0. The van der Waals surface area contributed by atoms with Gasteiger partial charge >= 0.3 is 12.1 Å². The first-order valence-corrected chi connectivity index (χ1v) is 8.48. The molecular weight excluding hydrogens is 390 g/mol. The van der Waals surface area contributed by atoms with Crippen molar-refractivity contribution >= 4 is 18.0 Å². The third-order valence-corrected chi connectivity index (χ3v) is 4.22. The zero-order valence-electron chi connectivity index (χ0n) is 14.9. The van der Waals surface area contributed by atoms with E-state index in [1.54, 1.807) is 12.1 Å². The number of hydrogen-bond acceptors (Lipinski definition) is 6. The fraction of sp³-hybridized carbons (Fsp3) is 0.211. The van der Waals surface area contributed by atoms with Crippen molar-refractivity contribution in [2.75, 3.05) is 0 Å². The highest BCUT2D eigenvalue weighted by atomic mass is 19.2. The molecule has 3 rings (SSSR count). The summed E-state index contributed by atoms with van der Waals surface area (Å²) < 4.78 is 38.6. The summed E-state index contributed by atoms with van der Waals surface area (Å²) in [6.45, 7) is 0. The Bertz CT molecular complexity index is 964. The van der Waals surface area contributed by atoms with E-state index in [1.165, 1.54) is 24.3 Å². The van der Waals surface area contributed by atoms with Crippen LogP contribution in [-0.4, -0.2) is 35.2 Å². The molecule has 0 radical (unpaired) electrons. The van der Waals surface area contributed by atoms with Crippen molar-refractivity contribution < 1.29 is 37.7 Å². The van der Waals surface area contributed by atoms with E-state index in [0.717, 1.165) is 0 Å². The molecule has 0 aromatic heterocycles. The summed E-state index contributed by atoms with van der Waals surface area (Å²) in [5, 5.41) is 10.8. The number of aliphatic carboxylic acids is 1. The Morgan fingerprint density at radius 1 is 1.17 bits per heavy atom. The maximum Gasteiger partial charge on any atom is 0.414 e. The lowest BCUT2D eigenvalue weighted by Crippen LogP contribution is -2.32. The average Bonchev–Trinajstić information content (AvgIpc) is 2.99. The predicted octanol–water partition coefficient (Wildman–Crippen LogP) is 1.89. The lowest BCUT2D eigenvalue weighted by Gasteiger charge is -2.12. The highest BCUT2D eigenvalue weighted by molar-refractivity contribution is 6.00. The number of hydrogen-bond donors (Lipinski definition) is 3. The molecule has 10 heteroatoms. The van der Waals surface area contributed by atoms with Gasteiger partial charge < -0.3 is 20.3 Å². The van der Waals surface area contributed by atoms with Crippen LogP contribution in [0, 0.1) is 11.6 Å². The topological polar surface area (TPSA) is 128 Å². The van der Waals surface area contributed by atoms with E-state index in [2.05, 4.69) is 0 Å². The number of amides is 2. The largest absolute Gasteiger partial charge is 0.480 e. The van der Waals surface area contributed by atoms with Gasteiger partial charge in [0.2, 0.25) is 5.82 Å². The molecule has 29 heavy (non-hydrogen) atoms. The first kappa shape index (κ1) is 20.2. The number of nitrogens with two attached hydrogens (primary N) is 1. The maximum absolute atomic E-state index is 14.2. The Kier molecular flexibility index (Phi) is 5.74. The van der Waals surface area contributed by atoms with Crippen LogP contribution in [0.15, 0.2) is 36.4 Å². The molecule has 0 spiro atoms. The smallest absolute Gasteiger partial charge is 0.414 e. The van der Waals surface area contributed by atoms with Gasteiger partial charge in [0, 0.05) is 12.8 Å². The Morgan fingerprint density at radius 2 is 1.86 bits per heavy atom. The molecule has 1 aliphatic heterocycles. The van der Waals surface area contributed by atoms with Crippen molar-refractivity contribution in [3.63, 3.8) is 0 Å². The third-order valence-electron chi connectivity index (χ3n) is 4.22.